The van der Waals surface area contributed by atoms with Gasteiger partial charge in [0.2, 0.25) is 0 Å². The lowest BCUT2D eigenvalue weighted by atomic mass is 9.95. The first-order valence-electron chi connectivity index (χ1n) is 10.8. The van der Waals surface area contributed by atoms with Crippen LogP contribution < -0.4 is 10.5 Å². The van der Waals surface area contributed by atoms with E-state index in [9.17, 15) is 18.0 Å². The fourth-order valence-electron chi connectivity index (χ4n) is 4.71. The van der Waals surface area contributed by atoms with Crippen LogP contribution in [-0.4, -0.2) is 55.1 Å². The molecule has 0 spiro atoms. The summed E-state index contributed by atoms with van der Waals surface area (Å²) in [5, 5.41) is 0. The number of hydrogen-bond acceptors (Lipinski definition) is 6. The predicted octanol–water partition coefficient (Wildman–Crippen LogP) is 3.77. The molecule has 0 radical (unpaired) electrons. The third kappa shape index (κ3) is 3.73. The van der Waals surface area contributed by atoms with Gasteiger partial charge < -0.3 is 25.0 Å². The van der Waals surface area contributed by atoms with E-state index in [0.29, 0.717) is 43.0 Å². The largest absolute Gasteiger partial charge is 0.493 e. The molecule has 34 heavy (non-hydrogen) atoms. The molecule has 1 fully saturated rings. The molecule has 2 N–H and O–H groups in total. The Kier molecular flexibility index (Phi) is 5.38. The van der Waals surface area contributed by atoms with Crippen molar-refractivity contribution >= 4 is 17.6 Å². The van der Waals surface area contributed by atoms with Gasteiger partial charge in [-0.2, -0.15) is 13.2 Å². The van der Waals surface area contributed by atoms with Crippen molar-refractivity contribution in [1.82, 2.24) is 9.80 Å². The Balaban J connectivity index is 1.47. The summed E-state index contributed by atoms with van der Waals surface area (Å²) in [6, 6.07) is 4.99. The zero-order valence-corrected chi connectivity index (χ0v) is 18.2. The molecule has 0 saturated carbocycles. The molecule has 1 amide bonds. The fourth-order valence-corrected chi connectivity index (χ4v) is 4.71. The Labute approximate surface area is 192 Å². The maximum absolute atomic E-state index is 15.0. The van der Waals surface area contributed by atoms with Gasteiger partial charge in [0.15, 0.2) is 5.96 Å². The number of ether oxygens (including phenoxy) is 2. The van der Waals surface area contributed by atoms with Crippen LogP contribution in [0.5, 0.6) is 5.75 Å². The maximum Gasteiger partial charge on any atom is 0.416 e. The third-order valence-electron chi connectivity index (χ3n) is 6.50. The summed E-state index contributed by atoms with van der Waals surface area (Å²) in [5.41, 5.74) is 6.46. The zero-order chi connectivity index (χ0) is 24.2. The highest BCUT2D eigenvalue weighted by atomic mass is 19.4. The maximum atomic E-state index is 15.0. The number of alkyl halides is 3. The van der Waals surface area contributed by atoms with Crippen LogP contribution in [0.2, 0.25) is 0 Å². The van der Waals surface area contributed by atoms with Crippen LogP contribution in [0.3, 0.4) is 0 Å². The van der Waals surface area contributed by atoms with Crippen molar-refractivity contribution in [2.24, 2.45) is 10.7 Å². The second kappa shape index (κ2) is 8.15. The van der Waals surface area contributed by atoms with Gasteiger partial charge in [-0.15, -0.1) is 0 Å². The number of aliphatic imine (C=N–C) groups is 1. The minimum absolute atomic E-state index is 0.0662. The second-order valence-electron chi connectivity index (χ2n) is 8.46. The molecular formula is C23H22F4N4O3. The van der Waals surface area contributed by atoms with Crippen LogP contribution in [-0.2, 0) is 10.9 Å². The van der Waals surface area contributed by atoms with Crippen LogP contribution in [0.15, 0.2) is 35.3 Å². The topological polar surface area (TPSA) is 80.4 Å². The number of benzene rings is 2. The van der Waals surface area contributed by atoms with E-state index in [1.807, 2.05) is 4.90 Å². The molecule has 2 atom stereocenters. The van der Waals surface area contributed by atoms with Crippen LogP contribution in [0.1, 0.15) is 45.6 Å². The molecule has 3 heterocycles. The van der Waals surface area contributed by atoms with E-state index in [1.165, 1.54) is 30.1 Å². The van der Waals surface area contributed by atoms with Crippen molar-refractivity contribution < 1.29 is 31.8 Å². The van der Waals surface area contributed by atoms with Crippen LogP contribution >= 0.6 is 0 Å². The monoisotopic (exact) mass is 478 g/mol. The summed E-state index contributed by atoms with van der Waals surface area (Å²) in [6.07, 6.45) is -4.15. The lowest BCUT2D eigenvalue weighted by Gasteiger charge is -2.40. The van der Waals surface area contributed by atoms with Gasteiger partial charge in [0.1, 0.15) is 11.6 Å². The normalized spacial score (nSPS) is 21.6. The van der Waals surface area contributed by atoms with Crippen molar-refractivity contribution in [2.45, 2.75) is 24.7 Å². The van der Waals surface area contributed by atoms with E-state index in [-0.39, 0.29) is 29.9 Å². The molecule has 2 aromatic rings. The van der Waals surface area contributed by atoms with Gasteiger partial charge >= 0.3 is 6.18 Å². The minimum Gasteiger partial charge on any atom is -0.493 e. The molecule has 0 aromatic heterocycles. The standard InChI is InChI=1S/C23H22F4N4O3/c1-30(18-4-6-34-20-8-12(23(25,26)27)2-3-13(18)20)21(32)14-9-15-17(10-16(14)24)29-22(28)31-5-7-33-11-19(15)31/h2-3,8-10,18-19H,4-7,11H2,1H3,(H2,28,29). The first-order chi connectivity index (χ1) is 16.1. The van der Waals surface area contributed by atoms with Crippen LogP contribution in [0, 0.1) is 5.82 Å². The number of halogens is 4. The number of nitrogens with zero attached hydrogens (tertiary/aromatic N) is 3. The number of hydrogen-bond donors (Lipinski definition) is 1. The summed E-state index contributed by atoms with van der Waals surface area (Å²) < 4.78 is 65.3. The first kappa shape index (κ1) is 22.5. The lowest BCUT2D eigenvalue weighted by Crippen LogP contribution is -2.48. The lowest BCUT2D eigenvalue weighted by molar-refractivity contribution is -0.137. The second-order valence-corrected chi connectivity index (χ2v) is 8.46. The Hall–Kier alpha value is -3.34. The number of morpholine rings is 1. The summed E-state index contributed by atoms with van der Waals surface area (Å²) in [4.78, 5) is 20.8. The number of nitrogens with two attached hydrogens (primary N) is 1. The van der Waals surface area contributed by atoms with E-state index in [4.69, 9.17) is 15.2 Å². The van der Waals surface area contributed by atoms with Gasteiger partial charge in [0, 0.05) is 37.2 Å². The van der Waals surface area contributed by atoms with E-state index >= 15 is 4.39 Å². The molecule has 2 unspecified atom stereocenters. The van der Waals surface area contributed by atoms with Gasteiger partial charge in [0.05, 0.1) is 48.7 Å². The summed E-state index contributed by atoms with van der Waals surface area (Å²) in [5.74, 6) is -1.01. The van der Waals surface area contributed by atoms with Crippen molar-refractivity contribution in [3.8, 4) is 5.75 Å². The fraction of sp³-hybridized carbons (Fsp3) is 0.391. The predicted molar refractivity (Wildman–Crippen MR) is 114 cm³/mol. The molecule has 0 aliphatic carbocycles. The quantitative estimate of drug-likeness (QED) is 0.665. The Morgan fingerprint density at radius 1 is 1.21 bits per heavy atom. The van der Waals surface area contributed by atoms with Gasteiger partial charge in [-0.25, -0.2) is 9.38 Å². The number of amides is 1. The molecule has 1 saturated heterocycles. The number of carbonyl (C=O) groups is 1. The van der Waals surface area contributed by atoms with Gasteiger partial charge in [0.25, 0.3) is 5.91 Å². The number of fused-ring (bicyclic) bond motifs is 4. The van der Waals surface area contributed by atoms with Gasteiger partial charge in [-0.1, -0.05) is 6.07 Å². The first-order valence-corrected chi connectivity index (χ1v) is 10.8. The smallest absolute Gasteiger partial charge is 0.416 e. The average molecular weight is 478 g/mol. The zero-order valence-electron chi connectivity index (χ0n) is 18.2. The Bertz CT molecular complexity index is 1180. The van der Waals surface area contributed by atoms with E-state index in [0.717, 1.165) is 12.1 Å². The molecule has 11 heteroatoms. The molecule has 0 bridgehead atoms. The van der Waals surface area contributed by atoms with Crippen molar-refractivity contribution in [3.05, 3.63) is 58.4 Å². The van der Waals surface area contributed by atoms with Gasteiger partial charge in [-0.3, -0.25) is 4.79 Å². The summed E-state index contributed by atoms with van der Waals surface area (Å²) in [7, 11) is 1.50. The molecule has 5 rings (SSSR count). The summed E-state index contributed by atoms with van der Waals surface area (Å²) in [6.45, 7) is 1.47. The number of rotatable bonds is 2. The summed E-state index contributed by atoms with van der Waals surface area (Å²) >= 11 is 0. The third-order valence-corrected chi connectivity index (χ3v) is 6.50. The SMILES string of the molecule is CN(C(=O)c1cc2c(cc1F)N=C(N)N1CCOCC21)C1CCOc2cc(C(F)(F)F)ccc21. The molecule has 180 valence electrons. The minimum atomic E-state index is -4.51. The van der Waals surface area contributed by atoms with Crippen molar-refractivity contribution in [1.29, 1.82) is 0 Å². The Morgan fingerprint density at radius 2 is 2.00 bits per heavy atom. The highest BCUT2D eigenvalue weighted by Gasteiger charge is 2.36. The van der Waals surface area contributed by atoms with Crippen LogP contribution in [0.25, 0.3) is 0 Å². The van der Waals surface area contributed by atoms with E-state index < -0.39 is 29.5 Å². The molecule has 3 aliphatic rings. The number of carbonyl (C=O) groups excluding carboxylic acids is 1. The molecule has 2 aromatic carbocycles. The highest BCUT2D eigenvalue weighted by molar-refractivity contribution is 5.96. The van der Waals surface area contributed by atoms with E-state index in [1.54, 1.807) is 0 Å². The number of guanidine groups is 1. The Morgan fingerprint density at radius 3 is 2.76 bits per heavy atom. The van der Waals surface area contributed by atoms with Crippen molar-refractivity contribution in [2.75, 3.05) is 33.4 Å². The van der Waals surface area contributed by atoms with Gasteiger partial charge in [-0.05, 0) is 18.2 Å². The molecule has 7 nitrogen and oxygen atoms in total. The average Bonchev–Trinajstić information content (AvgIpc) is 2.81. The highest BCUT2D eigenvalue weighted by Crippen LogP contribution is 2.41. The van der Waals surface area contributed by atoms with E-state index in [2.05, 4.69) is 4.99 Å². The molecular weight excluding hydrogens is 456 g/mol. The van der Waals surface area contributed by atoms with Crippen molar-refractivity contribution in [3.63, 3.8) is 0 Å². The molecule has 3 aliphatic heterocycles. The van der Waals surface area contributed by atoms with Crippen LogP contribution in [0.4, 0.5) is 23.2 Å².